The van der Waals surface area contributed by atoms with Crippen molar-refractivity contribution in [2.45, 2.75) is 25.4 Å². The van der Waals surface area contributed by atoms with Crippen molar-refractivity contribution in [3.63, 3.8) is 0 Å². The summed E-state index contributed by atoms with van der Waals surface area (Å²) in [4.78, 5) is 3.95. The lowest BCUT2D eigenvalue weighted by molar-refractivity contribution is 0.265. The average Bonchev–Trinajstić information content (AvgIpc) is 2.76. The molecule has 0 spiro atoms. The first-order valence-corrected chi connectivity index (χ1v) is 6.14. The van der Waals surface area contributed by atoms with Gasteiger partial charge in [-0.3, -0.25) is 4.90 Å². The van der Waals surface area contributed by atoms with Crippen LogP contribution in [0.1, 0.15) is 17.7 Å². The lowest BCUT2D eigenvalue weighted by Crippen LogP contribution is -2.29. The van der Waals surface area contributed by atoms with E-state index in [2.05, 4.69) is 22.4 Å². The number of halogens is 1. The third-order valence-corrected chi connectivity index (χ3v) is 3.83. The van der Waals surface area contributed by atoms with Gasteiger partial charge in [-0.1, -0.05) is 6.07 Å². The van der Waals surface area contributed by atoms with E-state index in [0.29, 0.717) is 6.04 Å². The molecular formula is C10H14ClNS. The first-order valence-electron chi connectivity index (χ1n) is 4.72. The zero-order chi connectivity index (χ0) is 9.10. The molecule has 0 aromatic carbocycles. The molecule has 1 nitrogen and oxygen atoms in total. The highest BCUT2D eigenvalue weighted by Gasteiger charge is 2.23. The van der Waals surface area contributed by atoms with Crippen LogP contribution in [0.25, 0.3) is 0 Å². The SMILES string of the molecule is ClCC1CCCN1Cc1cccs1. The van der Waals surface area contributed by atoms with Gasteiger partial charge in [-0.15, -0.1) is 22.9 Å². The first-order chi connectivity index (χ1) is 6.40. The molecule has 1 aromatic rings. The number of alkyl halides is 1. The Labute approximate surface area is 88.3 Å². The summed E-state index contributed by atoms with van der Waals surface area (Å²) in [6.45, 7) is 2.31. The number of rotatable bonds is 3. The van der Waals surface area contributed by atoms with Gasteiger partial charge in [-0.25, -0.2) is 0 Å². The van der Waals surface area contributed by atoms with Crippen molar-refractivity contribution in [3.8, 4) is 0 Å². The summed E-state index contributed by atoms with van der Waals surface area (Å²) < 4.78 is 0. The van der Waals surface area contributed by atoms with Gasteiger partial charge in [0.15, 0.2) is 0 Å². The van der Waals surface area contributed by atoms with Gasteiger partial charge in [-0.2, -0.15) is 0 Å². The van der Waals surface area contributed by atoms with Crippen LogP contribution < -0.4 is 0 Å². The van der Waals surface area contributed by atoms with Crippen molar-refractivity contribution in [2.75, 3.05) is 12.4 Å². The molecule has 1 fully saturated rings. The molecule has 1 aliphatic heterocycles. The van der Waals surface area contributed by atoms with Gasteiger partial charge in [0.2, 0.25) is 0 Å². The number of hydrogen-bond donors (Lipinski definition) is 0. The van der Waals surface area contributed by atoms with E-state index in [9.17, 15) is 0 Å². The van der Waals surface area contributed by atoms with Crippen LogP contribution in [0, 0.1) is 0 Å². The fraction of sp³-hybridized carbons (Fsp3) is 0.600. The molecule has 0 radical (unpaired) electrons. The minimum absolute atomic E-state index is 0.615. The van der Waals surface area contributed by atoms with Crippen LogP contribution in [-0.2, 0) is 6.54 Å². The molecule has 13 heavy (non-hydrogen) atoms. The molecule has 1 atom stereocenters. The highest BCUT2D eigenvalue weighted by atomic mass is 35.5. The Bertz CT molecular complexity index is 247. The largest absolute Gasteiger partial charge is 0.294 e. The van der Waals surface area contributed by atoms with E-state index in [4.69, 9.17) is 11.6 Å². The normalized spacial score (nSPS) is 23.9. The molecule has 1 unspecified atom stereocenters. The van der Waals surface area contributed by atoms with Crippen molar-refractivity contribution in [2.24, 2.45) is 0 Å². The van der Waals surface area contributed by atoms with E-state index in [-0.39, 0.29) is 0 Å². The number of thiophene rings is 1. The molecule has 72 valence electrons. The Hall–Kier alpha value is -0.0500. The van der Waals surface area contributed by atoms with Crippen molar-refractivity contribution in [3.05, 3.63) is 22.4 Å². The topological polar surface area (TPSA) is 3.24 Å². The number of nitrogens with zero attached hydrogens (tertiary/aromatic N) is 1. The van der Waals surface area contributed by atoms with E-state index in [1.807, 2.05) is 11.3 Å². The molecule has 1 saturated heterocycles. The second kappa shape index (κ2) is 4.45. The van der Waals surface area contributed by atoms with E-state index >= 15 is 0 Å². The summed E-state index contributed by atoms with van der Waals surface area (Å²) in [6.07, 6.45) is 2.58. The molecule has 0 amide bonds. The highest BCUT2D eigenvalue weighted by Crippen LogP contribution is 2.22. The summed E-state index contributed by atoms with van der Waals surface area (Å²) in [6, 6.07) is 4.93. The third-order valence-electron chi connectivity index (χ3n) is 2.62. The van der Waals surface area contributed by atoms with Crippen molar-refractivity contribution in [1.29, 1.82) is 0 Å². The predicted molar refractivity (Wildman–Crippen MR) is 58.5 cm³/mol. The Kier molecular flexibility index (Phi) is 3.25. The van der Waals surface area contributed by atoms with Gasteiger partial charge >= 0.3 is 0 Å². The van der Waals surface area contributed by atoms with Crippen LogP contribution in [0.4, 0.5) is 0 Å². The van der Waals surface area contributed by atoms with Crippen LogP contribution >= 0.6 is 22.9 Å². The van der Waals surface area contributed by atoms with Gasteiger partial charge in [-0.05, 0) is 30.8 Å². The predicted octanol–water partition coefficient (Wildman–Crippen LogP) is 2.95. The maximum Gasteiger partial charge on any atom is 0.0379 e. The molecule has 2 heterocycles. The highest BCUT2D eigenvalue weighted by molar-refractivity contribution is 7.09. The minimum atomic E-state index is 0.615. The van der Waals surface area contributed by atoms with E-state index in [1.54, 1.807) is 0 Å². The zero-order valence-corrected chi connectivity index (χ0v) is 9.15. The van der Waals surface area contributed by atoms with Crippen LogP contribution in [0.2, 0.25) is 0 Å². The number of likely N-dealkylation sites (tertiary alicyclic amines) is 1. The fourth-order valence-corrected chi connectivity index (χ4v) is 2.96. The smallest absolute Gasteiger partial charge is 0.0379 e. The van der Waals surface area contributed by atoms with E-state index in [1.165, 1.54) is 24.3 Å². The van der Waals surface area contributed by atoms with Gasteiger partial charge in [0, 0.05) is 23.3 Å². The Balaban J connectivity index is 1.94. The van der Waals surface area contributed by atoms with Crippen molar-refractivity contribution in [1.82, 2.24) is 4.90 Å². The zero-order valence-electron chi connectivity index (χ0n) is 7.58. The molecule has 3 heteroatoms. The Morgan fingerprint density at radius 2 is 2.54 bits per heavy atom. The summed E-state index contributed by atoms with van der Waals surface area (Å²) >= 11 is 7.74. The monoisotopic (exact) mass is 215 g/mol. The number of hydrogen-bond acceptors (Lipinski definition) is 2. The van der Waals surface area contributed by atoms with Crippen LogP contribution in [0.15, 0.2) is 17.5 Å². The molecule has 0 bridgehead atoms. The van der Waals surface area contributed by atoms with E-state index < -0.39 is 0 Å². The lowest BCUT2D eigenvalue weighted by Gasteiger charge is -2.21. The summed E-state index contributed by atoms with van der Waals surface area (Å²) in [5.74, 6) is 0.783. The minimum Gasteiger partial charge on any atom is -0.294 e. The molecule has 0 N–H and O–H groups in total. The van der Waals surface area contributed by atoms with Crippen LogP contribution in [-0.4, -0.2) is 23.4 Å². The quantitative estimate of drug-likeness (QED) is 0.701. The molecule has 0 saturated carbocycles. The molecule has 2 rings (SSSR count). The van der Waals surface area contributed by atoms with Gasteiger partial charge < -0.3 is 0 Å². The maximum absolute atomic E-state index is 5.90. The van der Waals surface area contributed by atoms with E-state index in [0.717, 1.165) is 12.4 Å². The molecule has 1 aromatic heterocycles. The second-order valence-corrected chi connectivity index (χ2v) is 4.84. The van der Waals surface area contributed by atoms with Gasteiger partial charge in [0.1, 0.15) is 0 Å². The maximum atomic E-state index is 5.90. The summed E-state index contributed by atoms with van der Waals surface area (Å²) in [5.41, 5.74) is 0. The lowest BCUT2D eigenvalue weighted by atomic mass is 10.2. The molecule has 0 aliphatic carbocycles. The Morgan fingerprint density at radius 3 is 3.23 bits per heavy atom. The Morgan fingerprint density at radius 1 is 1.62 bits per heavy atom. The van der Waals surface area contributed by atoms with Gasteiger partial charge in [0.05, 0.1) is 0 Å². The molecular weight excluding hydrogens is 202 g/mol. The van der Waals surface area contributed by atoms with Crippen molar-refractivity contribution >= 4 is 22.9 Å². The second-order valence-electron chi connectivity index (χ2n) is 3.50. The van der Waals surface area contributed by atoms with Crippen molar-refractivity contribution < 1.29 is 0 Å². The summed E-state index contributed by atoms with van der Waals surface area (Å²) in [5, 5.41) is 2.14. The first kappa shape index (κ1) is 9.50. The van der Waals surface area contributed by atoms with Crippen LogP contribution in [0.3, 0.4) is 0 Å². The standard InChI is InChI=1S/C10H14ClNS/c11-7-9-3-1-5-12(9)8-10-4-2-6-13-10/h2,4,6,9H,1,3,5,7-8H2. The molecule has 1 aliphatic rings. The fourth-order valence-electron chi connectivity index (χ4n) is 1.88. The third kappa shape index (κ3) is 2.25. The summed E-state index contributed by atoms with van der Waals surface area (Å²) in [7, 11) is 0. The van der Waals surface area contributed by atoms with Crippen LogP contribution in [0.5, 0.6) is 0 Å². The van der Waals surface area contributed by atoms with Gasteiger partial charge in [0.25, 0.3) is 0 Å². The average molecular weight is 216 g/mol.